The van der Waals surface area contributed by atoms with Gasteiger partial charge < -0.3 is 9.84 Å². The first-order valence-corrected chi connectivity index (χ1v) is 5.99. The lowest BCUT2D eigenvalue weighted by atomic mass is 10.1. The Labute approximate surface area is 111 Å². The molecular weight excluding hydrogens is 256 g/mol. The third-order valence-electron chi connectivity index (χ3n) is 2.18. The van der Waals surface area contributed by atoms with Gasteiger partial charge in [-0.2, -0.15) is 0 Å². The van der Waals surface area contributed by atoms with Crippen molar-refractivity contribution in [2.45, 2.75) is 32.8 Å². The van der Waals surface area contributed by atoms with Gasteiger partial charge in [-0.25, -0.2) is 0 Å². The predicted molar refractivity (Wildman–Crippen MR) is 68.4 cm³/mol. The van der Waals surface area contributed by atoms with Crippen LogP contribution in [-0.2, 0) is 4.79 Å². The van der Waals surface area contributed by atoms with Gasteiger partial charge in [0.05, 0.1) is 17.5 Å². The van der Waals surface area contributed by atoms with Crippen LogP contribution in [0.1, 0.15) is 37.0 Å². The molecule has 0 aliphatic carbocycles. The molecule has 0 aliphatic heterocycles. The van der Waals surface area contributed by atoms with E-state index in [-0.39, 0.29) is 24.7 Å². The van der Waals surface area contributed by atoms with Gasteiger partial charge in [0.1, 0.15) is 5.75 Å². The van der Waals surface area contributed by atoms with Crippen LogP contribution >= 0.6 is 11.6 Å². The van der Waals surface area contributed by atoms with Crippen molar-refractivity contribution in [2.75, 3.05) is 0 Å². The molecule has 0 spiro atoms. The Kier molecular flexibility index (Phi) is 5.16. The fourth-order valence-electron chi connectivity index (χ4n) is 1.39. The van der Waals surface area contributed by atoms with Crippen LogP contribution in [0.5, 0.6) is 5.75 Å². The summed E-state index contributed by atoms with van der Waals surface area (Å²) in [7, 11) is 0. The van der Waals surface area contributed by atoms with Crippen LogP contribution in [0, 0.1) is 0 Å². The van der Waals surface area contributed by atoms with Gasteiger partial charge in [0, 0.05) is 12.0 Å². The molecular formula is C13H15ClO4. The number of carboxylic acids is 1. The van der Waals surface area contributed by atoms with Gasteiger partial charge in [-0.3, -0.25) is 9.59 Å². The van der Waals surface area contributed by atoms with E-state index in [1.165, 1.54) is 6.07 Å². The number of halogens is 1. The Morgan fingerprint density at radius 2 is 2.00 bits per heavy atom. The van der Waals surface area contributed by atoms with Crippen LogP contribution in [0.15, 0.2) is 18.2 Å². The summed E-state index contributed by atoms with van der Waals surface area (Å²) in [6, 6.07) is 4.72. The zero-order valence-corrected chi connectivity index (χ0v) is 11.0. The van der Waals surface area contributed by atoms with E-state index in [0.29, 0.717) is 16.3 Å². The van der Waals surface area contributed by atoms with Gasteiger partial charge in [-0.1, -0.05) is 11.6 Å². The number of ether oxygens (including phenoxy) is 1. The number of carbonyl (C=O) groups excluding carboxylic acids is 1. The van der Waals surface area contributed by atoms with E-state index < -0.39 is 5.97 Å². The largest absolute Gasteiger partial charge is 0.489 e. The molecule has 0 aliphatic rings. The van der Waals surface area contributed by atoms with Gasteiger partial charge >= 0.3 is 5.97 Å². The lowest BCUT2D eigenvalue weighted by Crippen LogP contribution is -2.07. The van der Waals surface area contributed by atoms with Gasteiger partial charge in [0.15, 0.2) is 5.78 Å². The fraction of sp³-hybridized carbons (Fsp3) is 0.385. The number of hydrogen-bond donors (Lipinski definition) is 1. The SMILES string of the molecule is CC(C)Oc1ccc(C(=O)CCC(=O)O)cc1Cl. The molecule has 1 N–H and O–H groups in total. The maximum absolute atomic E-state index is 11.7. The number of benzene rings is 1. The molecule has 0 radical (unpaired) electrons. The lowest BCUT2D eigenvalue weighted by Gasteiger charge is -2.11. The van der Waals surface area contributed by atoms with Crippen LogP contribution in [0.2, 0.25) is 5.02 Å². The molecule has 0 heterocycles. The summed E-state index contributed by atoms with van der Waals surface area (Å²) in [5.74, 6) is -0.717. The summed E-state index contributed by atoms with van der Waals surface area (Å²) in [4.78, 5) is 22.1. The van der Waals surface area contributed by atoms with E-state index in [4.69, 9.17) is 21.4 Å². The topological polar surface area (TPSA) is 63.6 Å². The highest BCUT2D eigenvalue weighted by atomic mass is 35.5. The Morgan fingerprint density at radius 1 is 1.33 bits per heavy atom. The van der Waals surface area contributed by atoms with Crippen molar-refractivity contribution in [3.63, 3.8) is 0 Å². The zero-order chi connectivity index (χ0) is 13.7. The van der Waals surface area contributed by atoms with Crippen molar-refractivity contribution in [1.29, 1.82) is 0 Å². The first-order chi connectivity index (χ1) is 8.40. The number of hydrogen-bond acceptors (Lipinski definition) is 3. The van der Waals surface area contributed by atoms with E-state index in [1.807, 2.05) is 13.8 Å². The standard InChI is InChI=1S/C13H15ClO4/c1-8(2)18-12-5-3-9(7-10(12)14)11(15)4-6-13(16)17/h3,5,7-8H,4,6H2,1-2H3,(H,16,17). The number of Topliss-reactive ketones (excluding diaryl/α,β-unsaturated/α-hetero) is 1. The summed E-state index contributed by atoms with van der Waals surface area (Å²) in [6.45, 7) is 3.75. The van der Waals surface area contributed by atoms with Crippen molar-refractivity contribution in [1.82, 2.24) is 0 Å². The van der Waals surface area contributed by atoms with Crippen LogP contribution < -0.4 is 4.74 Å². The van der Waals surface area contributed by atoms with E-state index in [1.54, 1.807) is 12.1 Å². The van der Waals surface area contributed by atoms with Gasteiger partial charge in [-0.05, 0) is 32.0 Å². The van der Waals surface area contributed by atoms with E-state index in [2.05, 4.69) is 0 Å². The summed E-state index contributed by atoms with van der Waals surface area (Å²) in [5.41, 5.74) is 0.400. The number of aliphatic carboxylic acids is 1. The lowest BCUT2D eigenvalue weighted by molar-refractivity contribution is -0.136. The molecule has 0 saturated carbocycles. The molecule has 0 atom stereocenters. The predicted octanol–water partition coefficient (Wildman–Crippen LogP) is 3.17. The van der Waals surface area contributed by atoms with Crippen molar-refractivity contribution in [3.05, 3.63) is 28.8 Å². The Morgan fingerprint density at radius 3 is 2.50 bits per heavy atom. The van der Waals surface area contributed by atoms with Gasteiger partial charge in [0.2, 0.25) is 0 Å². The summed E-state index contributed by atoms with van der Waals surface area (Å²) < 4.78 is 5.44. The zero-order valence-electron chi connectivity index (χ0n) is 10.3. The van der Waals surface area contributed by atoms with Gasteiger partial charge in [0.25, 0.3) is 0 Å². The van der Waals surface area contributed by atoms with Crippen molar-refractivity contribution >= 4 is 23.4 Å². The highest BCUT2D eigenvalue weighted by molar-refractivity contribution is 6.32. The maximum Gasteiger partial charge on any atom is 0.303 e. The average Bonchev–Trinajstić information content (AvgIpc) is 2.28. The van der Waals surface area contributed by atoms with Crippen LogP contribution in [0.4, 0.5) is 0 Å². The van der Waals surface area contributed by atoms with Crippen molar-refractivity contribution in [2.24, 2.45) is 0 Å². The number of carboxylic acid groups (broad SMARTS) is 1. The molecule has 0 amide bonds. The van der Waals surface area contributed by atoms with Crippen LogP contribution in [0.3, 0.4) is 0 Å². The summed E-state index contributed by atoms with van der Waals surface area (Å²) in [6.07, 6.45) is -0.215. The van der Waals surface area contributed by atoms with E-state index in [9.17, 15) is 9.59 Å². The molecule has 1 aromatic rings. The van der Waals surface area contributed by atoms with Crippen molar-refractivity contribution in [3.8, 4) is 5.75 Å². The summed E-state index contributed by atoms with van der Waals surface area (Å²) in [5, 5.41) is 8.86. The molecule has 0 aromatic heterocycles. The van der Waals surface area contributed by atoms with Crippen LogP contribution in [-0.4, -0.2) is 23.0 Å². The minimum Gasteiger partial charge on any atom is -0.489 e. The van der Waals surface area contributed by atoms with E-state index in [0.717, 1.165) is 0 Å². The van der Waals surface area contributed by atoms with Crippen molar-refractivity contribution < 1.29 is 19.4 Å². The molecule has 0 bridgehead atoms. The fourth-order valence-corrected chi connectivity index (χ4v) is 1.61. The molecule has 98 valence electrons. The number of carbonyl (C=O) groups is 2. The average molecular weight is 271 g/mol. The number of ketones is 1. The quantitative estimate of drug-likeness (QED) is 0.807. The number of rotatable bonds is 6. The molecule has 0 fully saturated rings. The normalized spacial score (nSPS) is 10.4. The molecule has 5 heteroatoms. The highest BCUT2D eigenvalue weighted by Crippen LogP contribution is 2.27. The second-order valence-electron chi connectivity index (χ2n) is 4.13. The molecule has 18 heavy (non-hydrogen) atoms. The maximum atomic E-state index is 11.7. The highest BCUT2D eigenvalue weighted by Gasteiger charge is 2.11. The Balaban J connectivity index is 2.77. The minimum atomic E-state index is -0.991. The Hall–Kier alpha value is -1.55. The van der Waals surface area contributed by atoms with Crippen LogP contribution in [0.25, 0.3) is 0 Å². The minimum absolute atomic E-state index is 0.00365. The van der Waals surface area contributed by atoms with E-state index >= 15 is 0 Å². The monoisotopic (exact) mass is 270 g/mol. The molecule has 4 nitrogen and oxygen atoms in total. The Bertz CT molecular complexity index is 454. The first kappa shape index (κ1) is 14.5. The molecule has 0 saturated heterocycles. The second kappa shape index (κ2) is 6.40. The van der Waals surface area contributed by atoms with Gasteiger partial charge in [-0.15, -0.1) is 0 Å². The molecule has 1 rings (SSSR count). The smallest absolute Gasteiger partial charge is 0.303 e. The molecule has 0 unspecified atom stereocenters. The third-order valence-corrected chi connectivity index (χ3v) is 2.48. The second-order valence-corrected chi connectivity index (χ2v) is 4.54. The first-order valence-electron chi connectivity index (χ1n) is 5.61. The summed E-state index contributed by atoms with van der Waals surface area (Å²) >= 11 is 5.99. The third kappa shape index (κ3) is 4.37. The molecule has 1 aromatic carbocycles.